The molecule has 0 radical (unpaired) electrons. The molecule has 2 N–H and O–H groups in total. The minimum Gasteiger partial charge on any atom is -0.508 e. The van der Waals surface area contributed by atoms with Crippen LogP contribution in [-0.2, 0) is 6.42 Å². The van der Waals surface area contributed by atoms with E-state index in [2.05, 4.69) is 42.0 Å². The molecule has 0 aliphatic rings. The minimum absolute atomic E-state index is 0.0514. The van der Waals surface area contributed by atoms with Gasteiger partial charge in [0.15, 0.2) is 0 Å². The molecule has 1 heterocycles. The first-order valence-corrected chi connectivity index (χ1v) is 10.7. The fraction of sp³-hybridized carbons (Fsp3) is 0.250. The number of aryl methyl sites for hydroxylation is 1. The highest BCUT2D eigenvalue weighted by Gasteiger charge is 2.20. The van der Waals surface area contributed by atoms with Crippen LogP contribution in [0.15, 0.2) is 59.6 Å². The molecule has 1 aromatic heterocycles. The van der Waals surface area contributed by atoms with Gasteiger partial charge in [-0.05, 0) is 35.2 Å². The number of nitrogens with zero attached hydrogens (tertiary/aromatic N) is 3. The summed E-state index contributed by atoms with van der Waals surface area (Å²) >= 11 is 4.54. The Balaban J connectivity index is 1.81. The van der Waals surface area contributed by atoms with Crippen LogP contribution in [0.3, 0.4) is 0 Å². The van der Waals surface area contributed by atoms with Crippen molar-refractivity contribution in [2.45, 2.75) is 44.1 Å². The van der Waals surface area contributed by atoms with Crippen LogP contribution in [0.4, 0.5) is 0 Å². The third-order valence-corrected chi connectivity index (χ3v) is 5.70. The fourth-order valence-corrected chi connectivity index (χ4v) is 4.09. The third-order valence-electron chi connectivity index (χ3n) is 5.40. The van der Waals surface area contributed by atoms with Gasteiger partial charge >= 0.3 is 0 Å². The van der Waals surface area contributed by atoms with Gasteiger partial charge in [-0.3, -0.25) is 0 Å². The molecule has 0 saturated carbocycles. The van der Waals surface area contributed by atoms with Crippen molar-refractivity contribution in [3.63, 3.8) is 0 Å². The molecule has 30 heavy (non-hydrogen) atoms. The Morgan fingerprint density at radius 1 is 0.933 bits per heavy atom. The lowest BCUT2D eigenvalue weighted by Gasteiger charge is -2.13. The van der Waals surface area contributed by atoms with E-state index in [1.54, 1.807) is 10.7 Å². The van der Waals surface area contributed by atoms with E-state index < -0.39 is 0 Å². The molecule has 5 nitrogen and oxygen atoms in total. The number of fused-ring (bicyclic) bond motifs is 1. The highest BCUT2D eigenvalue weighted by Crippen LogP contribution is 2.37. The predicted molar refractivity (Wildman–Crippen MR) is 123 cm³/mol. The highest BCUT2D eigenvalue weighted by atomic mass is 32.1. The molecule has 0 aliphatic heterocycles. The number of unbranched alkanes of at least 4 members (excludes halogenated alkanes) is 3. The van der Waals surface area contributed by atoms with Crippen LogP contribution in [-0.4, -0.2) is 25.2 Å². The molecule has 6 heteroatoms. The van der Waals surface area contributed by atoms with Crippen LogP contribution in [0.1, 0.15) is 38.2 Å². The Kier molecular flexibility index (Phi) is 5.95. The molecule has 0 amide bonds. The smallest absolute Gasteiger partial charge is 0.145 e. The molecule has 0 fully saturated rings. The average molecular weight is 420 g/mol. The van der Waals surface area contributed by atoms with E-state index in [0.717, 1.165) is 47.6 Å². The Morgan fingerprint density at radius 3 is 2.57 bits per heavy atom. The highest BCUT2D eigenvalue weighted by molar-refractivity contribution is 7.80. The van der Waals surface area contributed by atoms with Crippen LogP contribution in [0, 0.1) is 0 Å². The fourth-order valence-electron chi connectivity index (χ4n) is 3.83. The van der Waals surface area contributed by atoms with E-state index in [1.807, 2.05) is 30.3 Å². The Labute approximate surface area is 181 Å². The number of aromatic hydroxyl groups is 2. The van der Waals surface area contributed by atoms with Crippen molar-refractivity contribution in [2.24, 2.45) is 0 Å². The Bertz CT molecular complexity index is 1180. The number of aromatic nitrogens is 3. The summed E-state index contributed by atoms with van der Waals surface area (Å²) in [5, 5.41) is 32.0. The number of benzene rings is 3. The summed E-state index contributed by atoms with van der Waals surface area (Å²) in [5.41, 5.74) is 2.90. The zero-order chi connectivity index (χ0) is 21.1. The number of rotatable bonds is 7. The van der Waals surface area contributed by atoms with E-state index in [-0.39, 0.29) is 11.5 Å². The van der Waals surface area contributed by atoms with Gasteiger partial charge in [0.25, 0.3) is 0 Å². The van der Waals surface area contributed by atoms with Gasteiger partial charge in [0.1, 0.15) is 27.9 Å². The summed E-state index contributed by atoms with van der Waals surface area (Å²) in [7, 11) is 0. The predicted octanol–water partition coefficient (Wildman–Crippen LogP) is 5.91. The lowest BCUT2D eigenvalue weighted by Crippen LogP contribution is -2.02. The van der Waals surface area contributed by atoms with E-state index in [9.17, 15) is 10.2 Å². The van der Waals surface area contributed by atoms with Gasteiger partial charge in [-0.15, -0.1) is 17.7 Å². The summed E-state index contributed by atoms with van der Waals surface area (Å²) in [5.74, 6) is 0.0511. The number of phenolic OH excluding ortho intramolecular Hbond substituents is 2. The van der Waals surface area contributed by atoms with E-state index in [0.29, 0.717) is 16.4 Å². The van der Waals surface area contributed by atoms with Gasteiger partial charge in [-0.1, -0.05) is 73.9 Å². The second kappa shape index (κ2) is 8.79. The maximum absolute atomic E-state index is 10.6. The zero-order valence-corrected chi connectivity index (χ0v) is 17.8. The lowest BCUT2D eigenvalue weighted by atomic mass is 10.0. The minimum atomic E-state index is -0.0514. The van der Waals surface area contributed by atoms with E-state index in [1.165, 1.54) is 12.5 Å². The van der Waals surface area contributed by atoms with Crippen LogP contribution in [0.25, 0.3) is 27.7 Å². The number of hydrogen-bond donors (Lipinski definition) is 3. The molecule has 0 atom stereocenters. The van der Waals surface area contributed by atoms with Crippen molar-refractivity contribution >= 4 is 23.4 Å². The first kappa shape index (κ1) is 20.3. The summed E-state index contributed by atoms with van der Waals surface area (Å²) in [6.45, 7) is 2.17. The van der Waals surface area contributed by atoms with Crippen LogP contribution in [0.5, 0.6) is 11.5 Å². The second-order valence-corrected chi connectivity index (χ2v) is 7.90. The standard InChI is InChI=1S/C24H25N3O2S/c1-2-3-4-5-10-17-14-20(22(29)15-21(17)28)27-23(24(30)25-26-27)19-13-8-11-16-9-6-7-12-18(16)19/h6-9,11-15,28-30H,2-5,10H2,1H3. The molecule has 0 unspecified atom stereocenters. The number of thiol groups is 1. The quantitative estimate of drug-likeness (QED) is 0.257. The summed E-state index contributed by atoms with van der Waals surface area (Å²) < 4.78 is 1.61. The van der Waals surface area contributed by atoms with Crippen molar-refractivity contribution in [3.05, 3.63) is 60.2 Å². The van der Waals surface area contributed by atoms with Gasteiger partial charge in [-0.2, -0.15) is 0 Å². The normalized spacial score (nSPS) is 11.3. The van der Waals surface area contributed by atoms with Crippen molar-refractivity contribution in [2.75, 3.05) is 0 Å². The Hall–Kier alpha value is -2.99. The molecule has 4 aromatic rings. The van der Waals surface area contributed by atoms with E-state index in [4.69, 9.17) is 0 Å². The molecule has 0 bridgehead atoms. The largest absolute Gasteiger partial charge is 0.508 e. The molecular formula is C24H25N3O2S. The summed E-state index contributed by atoms with van der Waals surface area (Å²) in [6.07, 6.45) is 5.16. The van der Waals surface area contributed by atoms with Crippen molar-refractivity contribution in [3.8, 4) is 28.4 Å². The monoisotopic (exact) mass is 419 g/mol. The second-order valence-electron chi connectivity index (χ2n) is 7.48. The van der Waals surface area contributed by atoms with Crippen molar-refractivity contribution < 1.29 is 10.2 Å². The topological polar surface area (TPSA) is 71.2 Å². The molecule has 154 valence electrons. The van der Waals surface area contributed by atoms with Crippen LogP contribution in [0.2, 0.25) is 0 Å². The first-order valence-electron chi connectivity index (χ1n) is 10.3. The summed E-state index contributed by atoms with van der Waals surface area (Å²) in [4.78, 5) is 0. The first-order chi connectivity index (χ1) is 14.6. The summed E-state index contributed by atoms with van der Waals surface area (Å²) in [6, 6.07) is 17.3. The molecule has 0 aliphatic carbocycles. The van der Waals surface area contributed by atoms with Gasteiger partial charge in [0.2, 0.25) is 0 Å². The Morgan fingerprint density at radius 2 is 1.73 bits per heavy atom. The van der Waals surface area contributed by atoms with Gasteiger partial charge in [-0.25, -0.2) is 4.68 Å². The van der Waals surface area contributed by atoms with Crippen molar-refractivity contribution in [1.29, 1.82) is 0 Å². The molecular weight excluding hydrogens is 394 g/mol. The van der Waals surface area contributed by atoms with Crippen LogP contribution < -0.4 is 0 Å². The third kappa shape index (κ3) is 3.87. The average Bonchev–Trinajstić information content (AvgIpc) is 3.13. The SMILES string of the molecule is CCCCCCc1cc(-n2nnc(S)c2-c2cccc3ccccc23)c(O)cc1O. The van der Waals surface area contributed by atoms with Crippen molar-refractivity contribution in [1.82, 2.24) is 15.0 Å². The molecule has 3 aromatic carbocycles. The van der Waals surface area contributed by atoms with Crippen LogP contribution >= 0.6 is 12.6 Å². The number of hydrogen-bond acceptors (Lipinski definition) is 5. The maximum atomic E-state index is 10.6. The maximum Gasteiger partial charge on any atom is 0.145 e. The lowest BCUT2D eigenvalue weighted by molar-refractivity contribution is 0.442. The van der Waals surface area contributed by atoms with Gasteiger partial charge < -0.3 is 10.2 Å². The number of phenols is 2. The zero-order valence-electron chi connectivity index (χ0n) is 16.9. The van der Waals surface area contributed by atoms with E-state index >= 15 is 0 Å². The molecule has 4 rings (SSSR count). The molecule has 0 spiro atoms. The van der Waals surface area contributed by atoms with Gasteiger partial charge in [0.05, 0.1) is 0 Å². The molecule has 0 saturated heterocycles. The van der Waals surface area contributed by atoms with Gasteiger partial charge in [0, 0.05) is 11.6 Å².